The van der Waals surface area contributed by atoms with Gasteiger partial charge in [0, 0.05) is 18.2 Å². The highest BCUT2D eigenvalue weighted by molar-refractivity contribution is 5.71. The SMILES string of the molecule is Cc1nn(C(C)C)c(Nc2cc(F)c(F)cc2F)c1N. The van der Waals surface area contributed by atoms with Gasteiger partial charge in [0.25, 0.3) is 0 Å². The zero-order chi connectivity index (χ0) is 15.0. The molecule has 1 heterocycles. The molecule has 2 aromatic rings. The van der Waals surface area contributed by atoms with Crippen LogP contribution in [0.25, 0.3) is 0 Å². The Morgan fingerprint density at radius 1 is 1.15 bits per heavy atom. The number of rotatable bonds is 3. The molecule has 0 radical (unpaired) electrons. The lowest BCUT2D eigenvalue weighted by Gasteiger charge is -2.14. The van der Waals surface area contributed by atoms with E-state index < -0.39 is 17.5 Å². The Morgan fingerprint density at radius 3 is 2.35 bits per heavy atom. The Labute approximate surface area is 114 Å². The van der Waals surface area contributed by atoms with Crippen LogP contribution in [0.5, 0.6) is 0 Å². The average Bonchev–Trinajstić information content (AvgIpc) is 2.64. The minimum atomic E-state index is -1.24. The first-order valence-electron chi connectivity index (χ1n) is 6.07. The lowest BCUT2D eigenvalue weighted by Crippen LogP contribution is -2.09. The summed E-state index contributed by atoms with van der Waals surface area (Å²) < 4.78 is 41.3. The first kappa shape index (κ1) is 14.2. The fourth-order valence-corrected chi connectivity index (χ4v) is 1.80. The molecule has 1 aromatic carbocycles. The van der Waals surface area contributed by atoms with Crippen molar-refractivity contribution in [3.8, 4) is 0 Å². The molecule has 1 aromatic heterocycles. The average molecular weight is 284 g/mol. The van der Waals surface area contributed by atoms with Gasteiger partial charge in [0.15, 0.2) is 17.5 Å². The largest absolute Gasteiger partial charge is 0.394 e. The van der Waals surface area contributed by atoms with Crippen LogP contribution >= 0.6 is 0 Å². The standard InChI is InChI=1S/C13H15F3N4/c1-6(2)20-13(12(17)7(3)19-20)18-11-5-9(15)8(14)4-10(11)16/h4-6,18H,17H2,1-3H3. The van der Waals surface area contributed by atoms with Crippen LogP contribution in [0.15, 0.2) is 12.1 Å². The Hall–Kier alpha value is -2.18. The molecule has 20 heavy (non-hydrogen) atoms. The number of aromatic nitrogens is 2. The van der Waals surface area contributed by atoms with Crippen molar-refractivity contribution in [2.75, 3.05) is 11.1 Å². The number of hydrogen-bond donors (Lipinski definition) is 2. The van der Waals surface area contributed by atoms with Gasteiger partial charge in [-0.25, -0.2) is 17.9 Å². The van der Waals surface area contributed by atoms with Gasteiger partial charge in [-0.05, 0) is 20.8 Å². The lowest BCUT2D eigenvalue weighted by atomic mass is 10.2. The number of halogens is 3. The number of hydrogen-bond acceptors (Lipinski definition) is 3. The lowest BCUT2D eigenvalue weighted by molar-refractivity contribution is 0.496. The topological polar surface area (TPSA) is 55.9 Å². The molecule has 0 saturated heterocycles. The summed E-state index contributed by atoms with van der Waals surface area (Å²) in [5.41, 5.74) is 6.58. The smallest absolute Gasteiger partial charge is 0.161 e. The summed E-state index contributed by atoms with van der Waals surface area (Å²) in [5.74, 6) is -2.94. The quantitative estimate of drug-likeness (QED) is 0.848. The van der Waals surface area contributed by atoms with Crippen molar-refractivity contribution < 1.29 is 13.2 Å². The monoisotopic (exact) mass is 284 g/mol. The first-order valence-corrected chi connectivity index (χ1v) is 6.07. The van der Waals surface area contributed by atoms with Crippen molar-refractivity contribution >= 4 is 17.2 Å². The number of anilines is 3. The van der Waals surface area contributed by atoms with Crippen molar-refractivity contribution in [3.63, 3.8) is 0 Å². The van der Waals surface area contributed by atoms with Gasteiger partial charge >= 0.3 is 0 Å². The van der Waals surface area contributed by atoms with E-state index in [-0.39, 0.29) is 11.7 Å². The molecule has 0 saturated carbocycles. The minimum Gasteiger partial charge on any atom is -0.394 e. The van der Waals surface area contributed by atoms with Crippen LogP contribution < -0.4 is 11.1 Å². The van der Waals surface area contributed by atoms with Gasteiger partial charge in [0.2, 0.25) is 0 Å². The second-order valence-corrected chi connectivity index (χ2v) is 4.76. The van der Waals surface area contributed by atoms with Gasteiger partial charge < -0.3 is 11.1 Å². The minimum absolute atomic E-state index is 0.0261. The van der Waals surface area contributed by atoms with Gasteiger partial charge in [-0.2, -0.15) is 5.10 Å². The van der Waals surface area contributed by atoms with E-state index in [9.17, 15) is 13.2 Å². The summed E-state index contributed by atoms with van der Waals surface area (Å²) in [6.07, 6.45) is 0. The number of nitrogens with one attached hydrogen (secondary N) is 1. The maximum atomic E-state index is 13.6. The summed E-state index contributed by atoms with van der Waals surface area (Å²) in [6.45, 7) is 5.46. The third kappa shape index (κ3) is 2.43. The van der Waals surface area contributed by atoms with Gasteiger partial charge in [0.1, 0.15) is 5.82 Å². The Morgan fingerprint density at radius 2 is 1.75 bits per heavy atom. The molecule has 0 amide bonds. The molecule has 0 aliphatic rings. The van der Waals surface area contributed by atoms with Crippen LogP contribution in [0.1, 0.15) is 25.6 Å². The fourth-order valence-electron chi connectivity index (χ4n) is 1.80. The molecule has 4 nitrogen and oxygen atoms in total. The van der Waals surface area contributed by atoms with Crippen molar-refractivity contribution in [1.29, 1.82) is 0 Å². The van der Waals surface area contributed by atoms with Gasteiger partial charge in [-0.3, -0.25) is 0 Å². The maximum absolute atomic E-state index is 13.6. The van der Waals surface area contributed by atoms with E-state index in [1.165, 1.54) is 0 Å². The van der Waals surface area contributed by atoms with E-state index in [0.717, 1.165) is 6.07 Å². The molecule has 7 heteroatoms. The van der Waals surface area contributed by atoms with Crippen molar-refractivity contribution in [3.05, 3.63) is 35.3 Å². The predicted octanol–water partition coefficient (Wildman–Crippen LogP) is 3.52. The molecule has 3 N–H and O–H groups in total. The first-order chi connectivity index (χ1) is 9.31. The Balaban J connectivity index is 2.47. The van der Waals surface area contributed by atoms with Crippen molar-refractivity contribution in [1.82, 2.24) is 9.78 Å². The summed E-state index contributed by atoms with van der Waals surface area (Å²) in [4.78, 5) is 0. The number of nitrogens with two attached hydrogens (primary N) is 1. The van der Waals surface area contributed by atoms with E-state index >= 15 is 0 Å². The zero-order valence-corrected chi connectivity index (χ0v) is 11.3. The van der Waals surface area contributed by atoms with E-state index in [1.54, 1.807) is 11.6 Å². The second kappa shape index (κ2) is 5.07. The molecule has 0 atom stereocenters. The van der Waals surface area contributed by atoms with Gasteiger partial charge in [-0.15, -0.1) is 0 Å². The molecular formula is C13H15F3N4. The van der Waals surface area contributed by atoms with Crippen molar-refractivity contribution in [2.24, 2.45) is 0 Å². The molecule has 0 fully saturated rings. The molecule has 0 aliphatic heterocycles. The highest BCUT2D eigenvalue weighted by Crippen LogP contribution is 2.30. The molecule has 0 bridgehead atoms. The molecule has 2 rings (SSSR count). The van der Waals surface area contributed by atoms with E-state index in [2.05, 4.69) is 10.4 Å². The van der Waals surface area contributed by atoms with E-state index in [0.29, 0.717) is 23.3 Å². The van der Waals surface area contributed by atoms with Gasteiger partial charge in [-0.1, -0.05) is 0 Å². The molecule has 0 aliphatic carbocycles. The third-order valence-corrected chi connectivity index (χ3v) is 2.88. The number of nitrogens with zero attached hydrogens (tertiary/aromatic N) is 2. The van der Waals surface area contributed by atoms with Crippen LogP contribution in [0, 0.1) is 24.4 Å². The second-order valence-electron chi connectivity index (χ2n) is 4.76. The predicted molar refractivity (Wildman–Crippen MR) is 71.4 cm³/mol. The van der Waals surface area contributed by atoms with Crippen LogP contribution in [-0.2, 0) is 0 Å². The molecule has 0 spiro atoms. The fraction of sp³-hybridized carbons (Fsp3) is 0.308. The third-order valence-electron chi connectivity index (χ3n) is 2.88. The Kier molecular flexibility index (Phi) is 3.61. The summed E-state index contributed by atoms with van der Waals surface area (Å²) >= 11 is 0. The molecule has 0 unspecified atom stereocenters. The van der Waals surface area contributed by atoms with E-state index in [4.69, 9.17) is 5.73 Å². The zero-order valence-electron chi connectivity index (χ0n) is 11.3. The highest BCUT2D eigenvalue weighted by Gasteiger charge is 2.17. The molecule has 108 valence electrons. The van der Waals surface area contributed by atoms with Crippen molar-refractivity contribution in [2.45, 2.75) is 26.8 Å². The van der Waals surface area contributed by atoms with Crippen LogP contribution in [-0.4, -0.2) is 9.78 Å². The van der Waals surface area contributed by atoms with Crippen LogP contribution in [0.3, 0.4) is 0 Å². The summed E-state index contributed by atoms with van der Waals surface area (Å²) in [6, 6.07) is 1.20. The summed E-state index contributed by atoms with van der Waals surface area (Å²) in [5, 5.41) is 6.89. The number of aryl methyl sites for hydroxylation is 1. The van der Waals surface area contributed by atoms with E-state index in [1.807, 2.05) is 13.8 Å². The van der Waals surface area contributed by atoms with Crippen LogP contribution in [0.4, 0.5) is 30.4 Å². The summed E-state index contributed by atoms with van der Waals surface area (Å²) in [7, 11) is 0. The van der Waals surface area contributed by atoms with Gasteiger partial charge in [0.05, 0.1) is 17.1 Å². The number of benzene rings is 1. The molecular weight excluding hydrogens is 269 g/mol. The number of nitrogen functional groups attached to an aromatic ring is 1. The maximum Gasteiger partial charge on any atom is 0.161 e. The van der Waals surface area contributed by atoms with Crippen LogP contribution in [0.2, 0.25) is 0 Å². The normalized spacial score (nSPS) is 11.2. The Bertz CT molecular complexity index is 650. The highest BCUT2D eigenvalue weighted by atomic mass is 19.2.